The summed E-state index contributed by atoms with van der Waals surface area (Å²) in [4.78, 5) is 0.0125. The van der Waals surface area contributed by atoms with E-state index < -0.39 is 10.0 Å². The number of ether oxygens (including phenoxy) is 2. The van der Waals surface area contributed by atoms with Crippen LogP contribution in [0.25, 0.3) is 32.7 Å². The summed E-state index contributed by atoms with van der Waals surface area (Å²) in [6, 6.07) is 23.8. The maximum Gasteiger partial charge on any atom is 0.262 e. The highest BCUT2D eigenvalue weighted by Gasteiger charge is 2.23. The second-order valence-corrected chi connectivity index (χ2v) is 10.1. The van der Waals surface area contributed by atoms with E-state index in [1.165, 1.54) is 12.1 Å². The highest BCUT2D eigenvalue weighted by atomic mass is 32.2. The Balaban J connectivity index is 1.54. The second-order valence-electron chi connectivity index (χ2n) is 8.46. The van der Waals surface area contributed by atoms with E-state index in [0.29, 0.717) is 46.6 Å². The lowest BCUT2D eigenvalue weighted by Crippen LogP contribution is -2.17. The third-order valence-electron chi connectivity index (χ3n) is 6.26. The van der Waals surface area contributed by atoms with Gasteiger partial charge in [-0.3, -0.25) is 4.72 Å². The number of hydrogen-bond donors (Lipinski definition) is 3. The van der Waals surface area contributed by atoms with Gasteiger partial charge in [0.2, 0.25) is 0 Å². The van der Waals surface area contributed by atoms with Gasteiger partial charge in [0.05, 0.1) is 10.6 Å². The standard InChI is InChI=1S/C28H21NO6S/c30-24-11-9-17-5-1-2-6-19(17)27(24)22-16-23(20-7-3-4-8-21(20)28(22)31)29-36(32,33)18-10-12-25-26(15-18)35-14-13-34-25/h1-12,15-16,29-31H,13-14H2. The van der Waals surface area contributed by atoms with E-state index in [-0.39, 0.29) is 22.1 Å². The minimum Gasteiger partial charge on any atom is -0.507 e. The number of phenols is 2. The van der Waals surface area contributed by atoms with Gasteiger partial charge in [0.25, 0.3) is 10.0 Å². The molecule has 0 atom stereocenters. The highest BCUT2D eigenvalue weighted by molar-refractivity contribution is 7.92. The van der Waals surface area contributed by atoms with Crippen LogP contribution in [0.15, 0.2) is 89.8 Å². The molecule has 0 saturated heterocycles. The lowest BCUT2D eigenvalue weighted by molar-refractivity contribution is 0.171. The number of rotatable bonds is 4. The van der Waals surface area contributed by atoms with Crippen molar-refractivity contribution in [1.82, 2.24) is 0 Å². The zero-order chi connectivity index (χ0) is 24.9. The Kier molecular flexibility index (Phi) is 5.12. The molecule has 0 radical (unpaired) electrons. The molecule has 0 aromatic heterocycles. The topological polar surface area (TPSA) is 105 Å². The van der Waals surface area contributed by atoms with Crippen LogP contribution in [-0.4, -0.2) is 31.8 Å². The van der Waals surface area contributed by atoms with E-state index >= 15 is 0 Å². The first-order valence-electron chi connectivity index (χ1n) is 11.3. The summed E-state index contributed by atoms with van der Waals surface area (Å²) in [6.45, 7) is 0.741. The van der Waals surface area contributed by atoms with Gasteiger partial charge in [-0.1, -0.05) is 54.6 Å². The van der Waals surface area contributed by atoms with Gasteiger partial charge in [0, 0.05) is 28.0 Å². The number of benzene rings is 5. The molecule has 5 aromatic carbocycles. The van der Waals surface area contributed by atoms with Crippen LogP contribution in [-0.2, 0) is 10.0 Å². The maximum absolute atomic E-state index is 13.4. The van der Waals surface area contributed by atoms with Gasteiger partial charge < -0.3 is 19.7 Å². The number of anilines is 1. The van der Waals surface area contributed by atoms with Crippen LogP contribution in [0, 0.1) is 0 Å². The predicted octanol–water partition coefficient (Wildman–Crippen LogP) is 5.64. The minimum atomic E-state index is -4.03. The number of nitrogens with one attached hydrogen (secondary N) is 1. The van der Waals surface area contributed by atoms with Crippen LogP contribution in [0.1, 0.15) is 0 Å². The van der Waals surface area contributed by atoms with Gasteiger partial charge in [-0.05, 0) is 35.0 Å². The Morgan fingerprint density at radius 3 is 2.22 bits per heavy atom. The average molecular weight is 500 g/mol. The molecule has 180 valence electrons. The Morgan fingerprint density at radius 1 is 0.722 bits per heavy atom. The molecule has 0 unspecified atom stereocenters. The number of hydrogen-bond acceptors (Lipinski definition) is 6. The molecule has 0 aliphatic carbocycles. The van der Waals surface area contributed by atoms with Crippen LogP contribution in [0.5, 0.6) is 23.0 Å². The number of fused-ring (bicyclic) bond motifs is 3. The molecule has 0 amide bonds. The number of aromatic hydroxyl groups is 2. The quantitative estimate of drug-likeness (QED) is 0.276. The van der Waals surface area contributed by atoms with Crippen LogP contribution in [0.3, 0.4) is 0 Å². The Labute approximate surface area is 207 Å². The number of phenolic OH excluding ortho intramolecular Hbond substituents is 2. The molecule has 0 spiro atoms. The molecular weight excluding hydrogens is 478 g/mol. The fourth-order valence-electron chi connectivity index (χ4n) is 4.57. The molecule has 0 saturated carbocycles. The van der Waals surface area contributed by atoms with Crippen LogP contribution >= 0.6 is 0 Å². The van der Waals surface area contributed by atoms with E-state index in [1.54, 1.807) is 48.5 Å². The van der Waals surface area contributed by atoms with Gasteiger partial charge in [0.1, 0.15) is 24.7 Å². The second kappa shape index (κ2) is 8.35. The van der Waals surface area contributed by atoms with E-state index in [1.807, 2.05) is 24.3 Å². The summed E-state index contributed by atoms with van der Waals surface area (Å²) in [5.41, 5.74) is 0.986. The first-order chi connectivity index (χ1) is 17.4. The molecule has 1 aliphatic rings. The number of sulfonamides is 1. The van der Waals surface area contributed by atoms with Gasteiger partial charge in [-0.15, -0.1) is 0 Å². The first kappa shape index (κ1) is 22.1. The van der Waals surface area contributed by atoms with Crippen molar-refractivity contribution in [3.05, 3.63) is 84.9 Å². The third kappa shape index (κ3) is 3.63. The van der Waals surface area contributed by atoms with Crippen LogP contribution < -0.4 is 14.2 Å². The zero-order valence-corrected chi connectivity index (χ0v) is 19.7. The summed E-state index contributed by atoms with van der Waals surface area (Å²) < 4.78 is 40.6. The van der Waals surface area contributed by atoms with E-state index in [0.717, 1.165) is 10.8 Å². The van der Waals surface area contributed by atoms with E-state index in [9.17, 15) is 18.6 Å². The monoisotopic (exact) mass is 499 g/mol. The Morgan fingerprint density at radius 2 is 1.42 bits per heavy atom. The molecule has 7 nitrogen and oxygen atoms in total. The van der Waals surface area contributed by atoms with Gasteiger partial charge in [-0.25, -0.2) is 8.42 Å². The molecule has 8 heteroatoms. The summed E-state index contributed by atoms with van der Waals surface area (Å²) in [7, 11) is -4.03. The summed E-state index contributed by atoms with van der Waals surface area (Å²) >= 11 is 0. The fourth-order valence-corrected chi connectivity index (χ4v) is 5.66. The third-order valence-corrected chi connectivity index (χ3v) is 7.62. The smallest absolute Gasteiger partial charge is 0.262 e. The molecule has 6 rings (SSSR count). The largest absolute Gasteiger partial charge is 0.507 e. The Bertz CT molecular complexity index is 1760. The van der Waals surface area contributed by atoms with Gasteiger partial charge in [0.15, 0.2) is 11.5 Å². The minimum absolute atomic E-state index is 0.0125. The molecule has 0 bridgehead atoms. The van der Waals surface area contributed by atoms with Crippen molar-refractivity contribution < 1.29 is 28.1 Å². The van der Waals surface area contributed by atoms with E-state index in [4.69, 9.17) is 9.47 Å². The lowest BCUT2D eigenvalue weighted by atomic mass is 9.93. The van der Waals surface area contributed by atoms with E-state index in [2.05, 4.69) is 4.72 Å². The first-order valence-corrected chi connectivity index (χ1v) is 12.8. The van der Waals surface area contributed by atoms with Crippen molar-refractivity contribution in [3.8, 4) is 34.1 Å². The molecule has 36 heavy (non-hydrogen) atoms. The molecular formula is C28H21NO6S. The molecule has 0 fully saturated rings. The average Bonchev–Trinajstić information content (AvgIpc) is 2.90. The molecule has 5 aromatic rings. The lowest BCUT2D eigenvalue weighted by Gasteiger charge is -2.20. The van der Waals surface area contributed by atoms with Gasteiger partial charge in [-0.2, -0.15) is 0 Å². The normalized spacial score (nSPS) is 13.1. The van der Waals surface area contributed by atoms with Crippen molar-refractivity contribution in [1.29, 1.82) is 0 Å². The highest BCUT2D eigenvalue weighted by Crippen LogP contribution is 2.46. The molecule has 3 N–H and O–H groups in total. The summed E-state index contributed by atoms with van der Waals surface area (Å²) in [5, 5.41) is 24.6. The SMILES string of the molecule is O=S(=O)(Nc1cc(-c2c(O)ccc3ccccc23)c(O)c2ccccc12)c1ccc2c(c1)OCCO2. The molecule has 1 aliphatic heterocycles. The van der Waals surface area contributed by atoms with Crippen molar-refractivity contribution in [2.24, 2.45) is 0 Å². The maximum atomic E-state index is 13.4. The van der Waals surface area contributed by atoms with Crippen LogP contribution in [0.4, 0.5) is 5.69 Å². The van der Waals surface area contributed by atoms with Crippen molar-refractivity contribution in [3.63, 3.8) is 0 Å². The van der Waals surface area contributed by atoms with Crippen molar-refractivity contribution in [2.75, 3.05) is 17.9 Å². The zero-order valence-electron chi connectivity index (χ0n) is 18.9. The summed E-state index contributed by atoms with van der Waals surface area (Å²) in [5.74, 6) is 0.768. The van der Waals surface area contributed by atoms with Gasteiger partial charge >= 0.3 is 0 Å². The predicted molar refractivity (Wildman–Crippen MR) is 138 cm³/mol. The molecule has 1 heterocycles. The van der Waals surface area contributed by atoms with Crippen molar-refractivity contribution >= 4 is 37.3 Å². The Hall–Kier alpha value is -4.43. The fraction of sp³-hybridized carbons (Fsp3) is 0.0714. The summed E-state index contributed by atoms with van der Waals surface area (Å²) in [6.07, 6.45) is 0. The van der Waals surface area contributed by atoms with Crippen LogP contribution in [0.2, 0.25) is 0 Å². The van der Waals surface area contributed by atoms with Crippen molar-refractivity contribution in [2.45, 2.75) is 4.90 Å².